The summed E-state index contributed by atoms with van der Waals surface area (Å²) >= 11 is 0. The first-order chi connectivity index (χ1) is 17.0. The molecule has 0 bridgehead atoms. The van der Waals surface area contributed by atoms with Crippen LogP contribution in [0.15, 0.2) is 55.1 Å². The van der Waals surface area contributed by atoms with Gasteiger partial charge in [0.2, 0.25) is 0 Å². The molecular formula is C25H28FN7O2. The molecule has 4 heterocycles. The van der Waals surface area contributed by atoms with Crippen LogP contribution in [0.5, 0.6) is 0 Å². The van der Waals surface area contributed by atoms with E-state index in [1.165, 1.54) is 24.2 Å². The number of hydrazine groups is 1. The summed E-state index contributed by atoms with van der Waals surface area (Å²) in [5.41, 5.74) is 6.87. The van der Waals surface area contributed by atoms with E-state index in [-0.39, 0.29) is 22.3 Å². The summed E-state index contributed by atoms with van der Waals surface area (Å²) in [6.07, 6.45) is 7.58. The molecule has 2 saturated heterocycles. The number of H-pyrrole nitrogens is 1. The molecule has 0 saturated carbocycles. The van der Waals surface area contributed by atoms with Gasteiger partial charge in [0.15, 0.2) is 11.6 Å². The number of nitrogens with one attached hydrogen (secondary N) is 1. The van der Waals surface area contributed by atoms with Gasteiger partial charge in [0.25, 0.3) is 11.7 Å². The van der Waals surface area contributed by atoms with Crippen LogP contribution < -0.4 is 16.6 Å². The fourth-order valence-electron chi connectivity index (χ4n) is 5.17. The van der Waals surface area contributed by atoms with Crippen molar-refractivity contribution in [3.63, 3.8) is 0 Å². The number of pyridine rings is 1. The average Bonchev–Trinajstić information content (AvgIpc) is 3.30. The molecule has 0 spiro atoms. The van der Waals surface area contributed by atoms with E-state index in [4.69, 9.17) is 11.6 Å². The Kier molecular flexibility index (Phi) is 6.23. The highest BCUT2D eigenvalue weighted by Gasteiger charge is 2.38. The minimum Gasteiger partial charge on any atom is -0.403 e. The number of nitrogens with zero attached hydrogens (tertiary/aromatic N) is 4. The summed E-state index contributed by atoms with van der Waals surface area (Å²) in [4.78, 5) is 37.1. The van der Waals surface area contributed by atoms with Crippen LogP contribution >= 0.6 is 0 Å². The predicted molar refractivity (Wildman–Crippen MR) is 130 cm³/mol. The Labute approximate surface area is 202 Å². The molecule has 35 heavy (non-hydrogen) atoms. The molecule has 3 aromatic rings. The lowest BCUT2D eigenvalue weighted by molar-refractivity contribution is -0.128. The zero-order valence-electron chi connectivity index (χ0n) is 19.2. The van der Waals surface area contributed by atoms with Gasteiger partial charge in [-0.3, -0.25) is 19.5 Å². The SMILES string of the molecule is N/C=C\N(N)c1ncc(F)c2c(C(=O)C(=O)N3CCC(N4CCC4c4ccccc4)CC3)c[nH]c12. The number of Topliss-reactive ketones (excluding diaryl/α,β-unsaturated/α-hetero) is 1. The summed E-state index contributed by atoms with van der Waals surface area (Å²) in [6.45, 7) is 2.02. The van der Waals surface area contributed by atoms with Crippen LogP contribution in [0.4, 0.5) is 10.2 Å². The van der Waals surface area contributed by atoms with E-state index >= 15 is 0 Å². The molecule has 2 aliphatic heterocycles. The van der Waals surface area contributed by atoms with Crippen LogP contribution in [-0.4, -0.2) is 57.1 Å². The quantitative estimate of drug-likeness (QED) is 0.216. The highest BCUT2D eigenvalue weighted by atomic mass is 19.1. The van der Waals surface area contributed by atoms with Crippen molar-refractivity contribution in [1.29, 1.82) is 0 Å². The van der Waals surface area contributed by atoms with E-state index in [1.54, 1.807) is 4.90 Å². The molecule has 2 aromatic heterocycles. The van der Waals surface area contributed by atoms with E-state index in [2.05, 4.69) is 39.1 Å². The Balaban J connectivity index is 1.28. The second-order valence-corrected chi connectivity index (χ2v) is 8.94. The molecule has 5 rings (SSSR count). The minimum absolute atomic E-state index is 0.0182. The summed E-state index contributed by atoms with van der Waals surface area (Å²) in [6, 6.07) is 11.2. The molecule has 5 N–H and O–H groups in total. The molecule has 0 aliphatic carbocycles. The molecule has 2 fully saturated rings. The van der Waals surface area contributed by atoms with Crippen molar-refractivity contribution < 1.29 is 14.0 Å². The van der Waals surface area contributed by atoms with Crippen LogP contribution in [0.1, 0.15) is 41.2 Å². The van der Waals surface area contributed by atoms with Crippen LogP contribution in [0.25, 0.3) is 10.9 Å². The summed E-state index contributed by atoms with van der Waals surface area (Å²) in [7, 11) is 0. The van der Waals surface area contributed by atoms with Gasteiger partial charge >= 0.3 is 0 Å². The number of piperidine rings is 1. The third kappa shape index (κ3) is 4.15. The van der Waals surface area contributed by atoms with Gasteiger partial charge in [-0.2, -0.15) is 0 Å². The molecule has 9 nitrogen and oxygen atoms in total. The highest BCUT2D eigenvalue weighted by Crippen LogP contribution is 2.37. The van der Waals surface area contributed by atoms with Crippen molar-refractivity contribution in [2.75, 3.05) is 24.6 Å². The first kappa shape index (κ1) is 23.0. The smallest absolute Gasteiger partial charge is 0.295 e. The summed E-state index contributed by atoms with van der Waals surface area (Å²) in [5.74, 6) is 3.96. The number of hydrogen-bond donors (Lipinski definition) is 3. The summed E-state index contributed by atoms with van der Waals surface area (Å²) in [5, 5.41) is 1.09. The minimum atomic E-state index is -0.755. The molecule has 1 atom stereocenters. The third-order valence-electron chi connectivity index (χ3n) is 7.04. The first-order valence-corrected chi connectivity index (χ1v) is 11.7. The van der Waals surface area contributed by atoms with Crippen LogP contribution in [0.3, 0.4) is 0 Å². The van der Waals surface area contributed by atoms with Gasteiger partial charge in [-0.1, -0.05) is 30.3 Å². The highest BCUT2D eigenvalue weighted by molar-refractivity contribution is 6.45. The lowest BCUT2D eigenvalue weighted by Crippen LogP contribution is -2.53. The Morgan fingerprint density at radius 1 is 1.14 bits per heavy atom. The number of aromatic amines is 1. The Morgan fingerprint density at radius 2 is 1.89 bits per heavy atom. The van der Waals surface area contributed by atoms with Gasteiger partial charge in [-0.15, -0.1) is 0 Å². The third-order valence-corrected chi connectivity index (χ3v) is 7.04. The number of hydrogen-bond acceptors (Lipinski definition) is 7. The van der Waals surface area contributed by atoms with Gasteiger partial charge in [-0.05, 0) is 24.8 Å². The second kappa shape index (κ2) is 9.47. The van der Waals surface area contributed by atoms with E-state index in [1.807, 2.05) is 6.07 Å². The van der Waals surface area contributed by atoms with Crippen molar-refractivity contribution in [3.8, 4) is 0 Å². The second-order valence-electron chi connectivity index (χ2n) is 8.94. The molecule has 182 valence electrons. The Morgan fingerprint density at radius 3 is 2.54 bits per heavy atom. The van der Waals surface area contributed by atoms with Gasteiger partial charge in [-0.25, -0.2) is 15.2 Å². The van der Waals surface area contributed by atoms with Gasteiger partial charge in [0, 0.05) is 50.3 Å². The van der Waals surface area contributed by atoms with Crippen molar-refractivity contribution >= 4 is 28.4 Å². The fourth-order valence-corrected chi connectivity index (χ4v) is 5.17. The number of likely N-dealkylation sites (tertiary alicyclic amines) is 2. The van der Waals surface area contributed by atoms with E-state index in [0.29, 0.717) is 25.2 Å². The monoisotopic (exact) mass is 477 g/mol. The summed E-state index contributed by atoms with van der Waals surface area (Å²) < 4.78 is 14.7. The predicted octanol–water partition coefficient (Wildman–Crippen LogP) is 2.43. The maximum atomic E-state index is 14.7. The van der Waals surface area contributed by atoms with E-state index in [9.17, 15) is 14.0 Å². The zero-order valence-corrected chi connectivity index (χ0v) is 19.2. The van der Waals surface area contributed by atoms with Gasteiger partial charge < -0.3 is 15.6 Å². The van der Waals surface area contributed by atoms with Crippen molar-refractivity contribution in [2.24, 2.45) is 11.6 Å². The lowest BCUT2D eigenvalue weighted by atomic mass is 9.89. The van der Waals surface area contributed by atoms with Gasteiger partial charge in [0.05, 0.1) is 22.7 Å². The molecular weight excluding hydrogens is 449 g/mol. The van der Waals surface area contributed by atoms with E-state index < -0.39 is 17.5 Å². The normalized spacial score (nSPS) is 19.3. The number of halogens is 1. The topological polar surface area (TPSA) is 125 Å². The number of benzene rings is 1. The van der Waals surface area contributed by atoms with Gasteiger partial charge in [0.1, 0.15) is 0 Å². The Hall–Kier alpha value is -3.76. The molecule has 0 radical (unpaired) electrons. The number of fused-ring (bicyclic) bond motifs is 1. The molecule has 10 heteroatoms. The number of nitrogens with two attached hydrogens (primary N) is 2. The molecule has 1 amide bonds. The molecule has 1 unspecified atom stereocenters. The number of carbonyl (C=O) groups is 2. The average molecular weight is 478 g/mol. The zero-order chi connectivity index (χ0) is 24.5. The lowest BCUT2D eigenvalue weighted by Gasteiger charge is -2.49. The number of anilines is 1. The first-order valence-electron chi connectivity index (χ1n) is 11.7. The van der Waals surface area contributed by atoms with Crippen molar-refractivity contribution in [3.05, 3.63) is 72.1 Å². The number of amides is 1. The maximum Gasteiger partial charge on any atom is 0.295 e. The molecule has 1 aromatic carbocycles. The largest absolute Gasteiger partial charge is 0.403 e. The molecule has 2 aliphatic rings. The van der Waals surface area contributed by atoms with Crippen molar-refractivity contribution in [2.45, 2.75) is 31.3 Å². The number of ketones is 1. The number of aromatic nitrogens is 2. The number of carbonyl (C=O) groups excluding carboxylic acids is 2. The van der Waals surface area contributed by atoms with Crippen LogP contribution in [0.2, 0.25) is 0 Å². The number of rotatable bonds is 6. The van der Waals surface area contributed by atoms with E-state index in [0.717, 1.165) is 37.0 Å². The maximum absolute atomic E-state index is 14.7. The van der Waals surface area contributed by atoms with Crippen LogP contribution in [0, 0.1) is 5.82 Å². The van der Waals surface area contributed by atoms with Crippen LogP contribution in [-0.2, 0) is 4.79 Å². The standard InChI is InChI=1S/C25H28FN7O2/c26-19-15-30-24(33(28)13-9-27)22-21(19)18(14-29-22)23(34)25(35)31-10-6-17(7-11-31)32-12-8-20(32)16-4-2-1-3-5-16/h1-5,9,13-15,17,20,29H,6-8,10-12,27-28H2/b13-9-. The van der Waals surface area contributed by atoms with Crippen molar-refractivity contribution in [1.82, 2.24) is 19.8 Å². The Bertz CT molecular complexity index is 1270. The fraction of sp³-hybridized carbons (Fsp3) is 0.320.